The molecule has 3 rings (SSSR count). The predicted octanol–water partition coefficient (Wildman–Crippen LogP) is 4.20. The number of carbonyl (C=O) groups excluding carboxylic acids is 1. The highest BCUT2D eigenvalue weighted by Gasteiger charge is 2.10. The standard InChI is InChI=1S/C17H15ClN2OS/c1-3-11-8-9-14-15(10-11)22-17(20(14)2)19-16(21)12-6-4-5-7-13(12)18/h4-10H,3H2,1-2H3. The Hall–Kier alpha value is -1.91. The number of carbonyl (C=O) groups is 1. The highest BCUT2D eigenvalue weighted by molar-refractivity contribution is 7.16. The summed E-state index contributed by atoms with van der Waals surface area (Å²) in [5.74, 6) is -0.316. The number of benzene rings is 2. The van der Waals surface area contributed by atoms with Gasteiger partial charge in [-0.25, -0.2) is 0 Å². The molecule has 0 aliphatic rings. The Kier molecular flexibility index (Phi) is 4.14. The number of aromatic nitrogens is 1. The van der Waals surface area contributed by atoms with Gasteiger partial charge in [0.2, 0.25) is 0 Å². The van der Waals surface area contributed by atoms with E-state index in [1.54, 1.807) is 24.3 Å². The lowest BCUT2D eigenvalue weighted by Gasteiger charge is -1.99. The van der Waals surface area contributed by atoms with Crippen LogP contribution in [0.1, 0.15) is 22.8 Å². The molecule has 0 fully saturated rings. The van der Waals surface area contributed by atoms with E-state index >= 15 is 0 Å². The SMILES string of the molecule is CCc1ccc2c(c1)sc(=NC(=O)c1ccccc1Cl)n2C. The number of fused-ring (bicyclic) bond motifs is 1. The fourth-order valence-electron chi connectivity index (χ4n) is 2.29. The number of rotatable bonds is 2. The third kappa shape index (κ3) is 2.72. The average Bonchev–Trinajstić information content (AvgIpc) is 2.83. The van der Waals surface area contributed by atoms with E-state index in [2.05, 4.69) is 30.1 Å². The summed E-state index contributed by atoms with van der Waals surface area (Å²) >= 11 is 7.57. The van der Waals surface area contributed by atoms with Crippen LogP contribution >= 0.6 is 22.9 Å². The first-order chi connectivity index (χ1) is 10.6. The maximum atomic E-state index is 12.3. The van der Waals surface area contributed by atoms with Gasteiger partial charge in [0, 0.05) is 7.05 Å². The molecule has 1 amide bonds. The third-order valence-electron chi connectivity index (χ3n) is 3.58. The van der Waals surface area contributed by atoms with E-state index < -0.39 is 0 Å². The van der Waals surface area contributed by atoms with Gasteiger partial charge in [-0.1, -0.05) is 48.1 Å². The zero-order valence-corrected chi connectivity index (χ0v) is 13.9. The fourth-order valence-corrected chi connectivity index (χ4v) is 3.58. The highest BCUT2D eigenvalue weighted by atomic mass is 35.5. The lowest BCUT2D eigenvalue weighted by atomic mass is 10.2. The van der Waals surface area contributed by atoms with Crippen molar-refractivity contribution in [3.8, 4) is 0 Å². The Labute approximate surface area is 137 Å². The van der Waals surface area contributed by atoms with Crippen LogP contribution < -0.4 is 4.80 Å². The molecule has 1 heterocycles. The topological polar surface area (TPSA) is 34.4 Å². The van der Waals surface area contributed by atoms with Gasteiger partial charge < -0.3 is 4.57 Å². The van der Waals surface area contributed by atoms with Crippen LogP contribution in [0.2, 0.25) is 5.02 Å². The summed E-state index contributed by atoms with van der Waals surface area (Å²) in [6, 6.07) is 13.3. The Bertz CT molecular complexity index is 924. The van der Waals surface area contributed by atoms with Crippen molar-refractivity contribution in [2.75, 3.05) is 0 Å². The molecule has 2 aromatic carbocycles. The molecule has 22 heavy (non-hydrogen) atoms. The molecule has 3 aromatic rings. The average molecular weight is 331 g/mol. The normalized spacial score (nSPS) is 12.0. The van der Waals surface area contributed by atoms with Gasteiger partial charge in [0.25, 0.3) is 5.91 Å². The minimum atomic E-state index is -0.316. The monoisotopic (exact) mass is 330 g/mol. The second kappa shape index (κ2) is 6.07. The van der Waals surface area contributed by atoms with Gasteiger partial charge in [-0.2, -0.15) is 4.99 Å². The van der Waals surface area contributed by atoms with Gasteiger partial charge in [-0.15, -0.1) is 0 Å². The minimum Gasteiger partial charge on any atom is -0.319 e. The Morgan fingerprint density at radius 3 is 2.77 bits per heavy atom. The van der Waals surface area contributed by atoms with Gasteiger partial charge in [0.05, 0.1) is 20.8 Å². The minimum absolute atomic E-state index is 0.316. The zero-order valence-electron chi connectivity index (χ0n) is 12.3. The number of nitrogens with zero attached hydrogens (tertiary/aromatic N) is 2. The summed E-state index contributed by atoms with van der Waals surface area (Å²) in [7, 11) is 1.92. The number of hydrogen-bond donors (Lipinski definition) is 0. The lowest BCUT2D eigenvalue weighted by molar-refractivity contribution is 0.0998. The third-order valence-corrected chi connectivity index (χ3v) is 5.01. The number of thiazole rings is 1. The molecule has 1 aromatic heterocycles. The maximum Gasteiger partial charge on any atom is 0.281 e. The van der Waals surface area contributed by atoms with Crippen molar-refractivity contribution in [1.29, 1.82) is 0 Å². The first-order valence-electron chi connectivity index (χ1n) is 7.02. The molecular weight excluding hydrogens is 316 g/mol. The zero-order chi connectivity index (χ0) is 15.7. The Morgan fingerprint density at radius 1 is 1.27 bits per heavy atom. The van der Waals surface area contributed by atoms with Gasteiger partial charge in [0.15, 0.2) is 4.80 Å². The summed E-state index contributed by atoms with van der Waals surface area (Å²) in [5.41, 5.74) is 2.78. The van der Waals surface area contributed by atoms with Crippen LogP contribution in [0.15, 0.2) is 47.5 Å². The van der Waals surface area contributed by atoms with E-state index in [-0.39, 0.29) is 5.91 Å². The molecule has 0 spiro atoms. The maximum absolute atomic E-state index is 12.3. The van der Waals surface area contributed by atoms with Crippen molar-refractivity contribution in [3.05, 3.63) is 63.4 Å². The molecule has 0 aliphatic heterocycles. The number of halogens is 1. The fraction of sp³-hybridized carbons (Fsp3) is 0.176. The summed E-state index contributed by atoms with van der Waals surface area (Å²) in [4.78, 5) is 17.2. The van der Waals surface area contributed by atoms with Crippen molar-refractivity contribution in [2.24, 2.45) is 12.0 Å². The summed E-state index contributed by atoms with van der Waals surface area (Å²) < 4.78 is 3.07. The first kappa shape index (κ1) is 15.0. The van der Waals surface area contributed by atoms with Crippen molar-refractivity contribution in [3.63, 3.8) is 0 Å². The number of aryl methyl sites for hydroxylation is 2. The quantitative estimate of drug-likeness (QED) is 0.693. The largest absolute Gasteiger partial charge is 0.319 e. The smallest absolute Gasteiger partial charge is 0.281 e. The number of amides is 1. The van der Waals surface area contributed by atoms with Crippen molar-refractivity contribution < 1.29 is 4.79 Å². The summed E-state index contributed by atoms with van der Waals surface area (Å²) in [5, 5.41) is 0.424. The van der Waals surface area contributed by atoms with Crippen LogP contribution in [0.25, 0.3) is 10.2 Å². The van der Waals surface area contributed by atoms with Crippen LogP contribution in [0.3, 0.4) is 0 Å². The van der Waals surface area contributed by atoms with Crippen LogP contribution in [-0.2, 0) is 13.5 Å². The van der Waals surface area contributed by atoms with Gasteiger partial charge in [-0.3, -0.25) is 4.79 Å². The predicted molar refractivity (Wildman–Crippen MR) is 91.5 cm³/mol. The molecule has 0 atom stereocenters. The molecule has 0 saturated heterocycles. The van der Waals surface area contributed by atoms with E-state index in [1.807, 2.05) is 11.6 Å². The van der Waals surface area contributed by atoms with Gasteiger partial charge >= 0.3 is 0 Å². The Balaban J connectivity index is 2.11. The molecule has 0 aliphatic carbocycles. The Morgan fingerprint density at radius 2 is 2.05 bits per heavy atom. The van der Waals surface area contributed by atoms with Gasteiger partial charge in [-0.05, 0) is 36.2 Å². The van der Waals surface area contributed by atoms with Crippen LogP contribution in [0.4, 0.5) is 0 Å². The first-order valence-corrected chi connectivity index (χ1v) is 8.21. The summed E-state index contributed by atoms with van der Waals surface area (Å²) in [6.45, 7) is 2.13. The highest BCUT2D eigenvalue weighted by Crippen LogP contribution is 2.19. The van der Waals surface area contributed by atoms with E-state index in [0.717, 1.165) is 16.6 Å². The molecule has 5 heteroatoms. The molecule has 0 N–H and O–H groups in total. The van der Waals surface area contributed by atoms with E-state index in [9.17, 15) is 4.79 Å². The second-order valence-corrected chi connectivity index (χ2v) is 6.41. The molecule has 112 valence electrons. The summed E-state index contributed by atoms with van der Waals surface area (Å²) in [6.07, 6.45) is 0.989. The molecule has 0 radical (unpaired) electrons. The molecule has 3 nitrogen and oxygen atoms in total. The van der Waals surface area contributed by atoms with E-state index in [1.165, 1.54) is 16.9 Å². The van der Waals surface area contributed by atoms with Crippen LogP contribution in [0.5, 0.6) is 0 Å². The van der Waals surface area contributed by atoms with Crippen molar-refractivity contribution in [2.45, 2.75) is 13.3 Å². The van der Waals surface area contributed by atoms with E-state index in [0.29, 0.717) is 15.4 Å². The van der Waals surface area contributed by atoms with Gasteiger partial charge in [0.1, 0.15) is 0 Å². The number of hydrogen-bond acceptors (Lipinski definition) is 2. The van der Waals surface area contributed by atoms with Crippen molar-refractivity contribution in [1.82, 2.24) is 4.57 Å². The van der Waals surface area contributed by atoms with E-state index in [4.69, 9.17) is 11.6 Å². The molecule has 0 saturated carbocycles. The van der Waals surface area contributed by atoms with Crippen LogP contribution in [-0.4, -0.2) is 10.5 Å². The van der Waals surface area contributed by atoms with Crippen LogP contribution in [0, 0.1) is 0 Å². The molecule has 0 bridgehead atoms. The lowest BCUT2D eigenvalue weighted by Crippen LogP contribution is -2.13. The van der Waals surface area contributed by atoms with Crippen molar-refractivity contribution >= 4 is 39.1 Å². The molecular formula is C17H15ClN2OS. The second-order valence-electron chi connectivity index (χ2n) is 5.00. The molecule has 0 unspecified atom stereocenters.